The molecule has 1 fully saturated rings. The van der Waals surface area contributed by atoms with E-state index in [4.69, 9.17) is 22.1 Å². The SMILES string of the molecule is Cc1ccnc(OCC2CCN(C(CN)c3scnc3C(F)F)CC2)c1.O=Cc1c(F)cccc1Cl. The van der Waals surface area contributed by atoms with Crippen LogP contribution in [0.1, 0.15) is 51.8 Å². The largest absolute Gasteiger partial charge is 0.477 e. The number of alkyl halides is 2. The average Bonchev–Trinajstić information content (AvgIpc) is 3.35. The highest BCUT2D eigenvalue weighted by atomic mass is 35.5. The van der Waals surface area contributed by atoms with Crippen molar-refractivity contribution >= 4 is 29.2 Å². The van der Waals surface area contributed by atoms with E-state index in [0.717, 1.165) is 31.5 Å². The van der Waals surface area contributed by atoms with E-state index in [-0.39, 0.29) is 22.3 Å². The van der Waals surface area contributed by atoms with Crippen molar-refractivity contribution in [1.82, 2.24) is 14.9 Å². The number of piperidine rings is 1. The van der Waals surface area contributed by atoms with Crippen LogP contribution in [0, 0.1) is 18.7 Å². The van der Waals surface area contributed by atoms with E-state index in [1.54, 1.807) is 6.20 Å². The molecule has 0 aliphatic carbocycles. The molecule has 2 aromatic heterocycles. The van der Waals surface area contributed by atoms with Gasteiger partial charge in [-0.05, 0) is 62.5 Å². The van der Waals surface area contributed by atoms with E-state index in [1.807, 2.05) is 19.1 Å². The van der Waals surface area contributed by atoms with Crippen LogP contribution < -0.4 is 10.5 Å². The van der Waals surface area contributed by atoms with Gasteiger partial charge in [-0.2, -0.15) is 0 Å². The van der Waals surface area contributed by atoms with Gasteiger partial charge in [0.1, 0.15) is 11.5 Å². The zero-order chi connectivity index (χ0) is 26.1. The van der Waals surface area contributed by atoms with Gasteiger partial charge in [0.25, 0.3) is 6.43 Å². The van der Waals surface area contributed by atoms with Gasteiger partial charge >= 0.3 is 0 Å². The number of carbonyl (C=O) groups excluding carboxylic acids is 1. The molecule has 4 rings (SSSR count). The van der Waals surface area contributed by atoms with Crippen molar-refractivity contribution < 1.29 is 22.7 Å². The molecule has 0 saturated carbocycles. The summed E-state index contributed by atoms with van der Waals surface area (Å²) < 4.78 is 44.6. The Morgan fingerprint density at radius 3 is 2.61 bits per heavy atom. The third-order valence-corrected chi connectivity index (χ3v) is 7.20. The standard InChI is InChI=1S/C18H24F2N4OS.C7H4ClFO/c1-12-2-5-22-15(8-12)25-10-13-3-6-24(7-4-13)14(9-21)17-16(18(19)20)23-11-26-17;8-6-2-1-3-7(9)5(6)4-10/h2,5,8,11,13-14,18H,3-4,6-7,9-10,21H2,1H3;1-4H. The molecule has 1 aliphatic rings. The minimum Gasteiger partial charge on any atom is -0.477 e. The smallest absolute Gasteiger partial charge is 0.281 e. The second-order valence-electron chi connectivity index (χ2n) is 8.37. The Morgan fingerprint density at radius 2 is 2.03 bits per heavy atom. The number of ether oxygens (including phenoxy) is 1. The van der Waals surface area contributed by atoms with E-state index in [2.05, 4.69) is 14.9 Å². The van der Waals surface area contributed by atoms with E-state index in [0.29, 0.717) is 36.1 Å². The number of hydrogen-bond acceptors (Lipinski definition) is 7. The van der Waals surface area contributed by atoms with Gasteiger partial charge in [-0.15, -0.1) is 11.3 Å². The Kier molecular flexibility index (Phi) is 10.7. The number of thiazole rings is 1. The Morgan fingerprint density at radius 1 is 1.28 bits per heavy atom. The summed E-state index contributed by atoms with van der Waals surface area (Å²) in [5.74, 6) is 0.504. The maximum Gasteiger partial charge on any atom is 0.281 e. The molecule has 11 heteroatoms. The summed E-state index contributed by atoms with van der Waals surface area (Å²) in [6.45, 7) is 4.58. The molecular weight excluding hydrogens is 513 g/mol. The number of nitrogens with two attached hydrogens (primary N) is 1. The molecule has 194 valence electrons. The highest BCUT2D eigenvalue weighted by molar-refractivity contribution is 7.09. The first kappa shape index (κ1) is 28.0. The topological polar surface area (TPSA) is 81.3 Å². The lowest BCUT2D eigenvalue weighted by Gasteiger charge is -2.36. The monoisotopic (exact) mass is 540 g/mol. The summed E-state index contributed by atoms with van der Waals surface area (Å²) in [6.07, 6.45) is 1.49. The number of likely N-dealkylation sites (tertiary alicyclic amines) is 1. The minimum atomic E-state index is -2.56. The Bertz CT molecular complexity index is 1110. The van der Waals surface area contributed by atoms with E-state index in [9.17, 15) is 18.0 Å². The maximum atomic E-state index is 13.1. The summed E-state index contributed by atoms with van der Waals surface area (Å²) in [6, 6.07) is 7.78. The summed E-state index contributed by atoms with van der Waals surface area (Å²) in [5, 5.41) is 0.148. The van der Waals surface area contributed by atoms with E-state index >= 15 is 0 Å². The number of nitrogens with zero attached hydrogens (tertiary/aromatic N) is 3. The highest BCUT2D eigenvalue weighted by Crippen LogP contribution is 2.34. The molecule has 1 aromatic carbocycles. The van der Waals surface area contributed by atoms with Crippen molar-refractivity contribution in [3.8, 4) is 5.88 Å². The first-order chi connectivity index (χ1) is 17.3. The fourth-order valence-corrected chi connectivity index (χ4v) is 5.10. The molecule has 3 aromatic rings. The third kappa shape index (κ3) is 7.49. The fraction of sp³-hybridized carbons (Fsp3) is 0.400. The molecular formula is C25H28ClF3N4O2S. The number of hydrogen-bond donors (Lipinski definition) is 1. The van der Waals surface area contributed by atoms with E-state index < -0.39 is 12.2 Å². The molecule has 0 spiro atoms. The van der Waals surface area contributed by atoms with Crippen molar-refractivity contribution in [3.63, 3.8) is 0 Å². The normalized spacial score (nSPS) is 15.3. The predicted octanol–water partition coefficient (Wildman–Crippen LogP) is 5.87. The van der Waals surface area contributed by atoms with Crippen LogP contribution in [0.3, 0.4) is 0 Å². The number of benzene rings is 1. The van der Waals surface area contributed by atoms with Crippen LogP contribution in [0.25, 0.3) is 0 Å². The van der Waals surface area contributed by atoms with Crippen LogP contribution in [0.4, 0.5) is 13.2 Å². The van der Waals surface area contributed by atoms with Gasteiger partial charge < -0.3 is 10.5 Å². The van der Waals surface area contributed by atoms with Gasteiger partial charge in [0.05, 0.1) is 33.6 Å². The van der Waals surface area contributed by atoms with Crippen molar-refractivity contribution in [2.24, 2.45) is 11.7 Å². The summed E-state index contributed by atoms with van der Waals surface area (Å²) in [4.78, 5) is 21.0. The molecule has 1 unspecified atom stereocenters. The van der Waals surface area contributed by atoms with Crippen LogP contribution in [-0.4, -0.2) is 47.4 Å². The predicted molar refractivity (Wildman–Crippen MR) is 134 cm³/mol. The number of pyridine rings is 1. The molecule has 3 heterocycles. The summed E-state index contributed by atoms with van der Waals surface area (Å²) >= 11 is 6.73. The van der Waals surface area contributed by atoms with Gasteiger partial charge in [0, 0.05) is 18.8 Å². The number of aldehydes is 1. The lowest BCUT2D eigenvalue weighted by Crippen LogP contribution is -2.41. The van der Waals surface area contributed by atoms with Crippen LogP contribution >= 0.6 is 22.9 Å². The third-order valence-electron chi connectivity index (χ3n) is 5.92. The van der Waals surface area contributed by atoms with Crippen LogP contribution in [0.2, 0.25) is 5.02 Å². The maximum absolute atomic E-state index is 13.1. The Hall–Kier alpha value is -2.53. The van der Waals surface area contributed by atoms with Crippen LogP contribution in [0.5, 0.6) is 5.88 Å². The summed E-state index contributed by atoms with van der Waals surface area (Å²) in [5.41, 5.74) is 8.30. The first-order valence-corrected chi connectivity index (χ1v) is 12.7. The van der Waals surface area contributed by atoms with Crippen molar-refractivity contribution in [2.45, 2.75) is 32.2 Å². The van der Waals surface area contributed by atoms with Crippen LogP contribution in [-0.2, 0) is 0 Å². The molecule has 6 nitrogen and oxygen atoms in total. The van der Waals surface area contributed by atoms with Gasteiger partial charge in [0.15, 0.2) is 6.29 Å². The summed E-state index contributed by atoms with van der Waals surface area (Å²) in [7, 11) is 0. The minimum absolute atomic E-state index is 0.0795. The first-order valence-electron chi connectivity index (χ1n) is 11.4. The number of aryl methyl sites for hydroxylation is 1. The van der Waals surface area contributed by atoms with Crippen molar-refractivity contribution in [1.29, 1.82) is 0 Å². The molecule has 0 bridgehead atoms. The highest BCUT2D eigenvalue weighted by Gasteiger charge is 2.30. The fourth-order valence-electron chi connectivity index (χ4n) is 3.94. The number of aromatic nitrogens is 2. The van der Waals surface area contributed by atoms with E-state index in [1.165, 1.54) is 35.0 Å². The van der Waals surface area contributed by atoms with Crippen molar-refractivity contribution in [3.05, 3.63) is 74.6 Å². The number of halogens is 4. The molecule has 2 N–H and O–H groups in total. The van der Waals surface area contributed by atoms with Gasteiger partial charge in [0.2, 0.25) is 5.88 Å². The average molecular weight is 541 g/mol. The number of rotatable bonds is 8. The van der Waals surface area contributed by atoms with Gasteiger partial charge in [-0.1, -0.05) is 17.7 Å². The zero-order valence-corrected chi connectivity index (χ0v) is 21.3. The van der Waals surface area contributed by atoms with Crippen molar-refractivity contribution in [2.75, 3.05) is 26.2 Å². The lowest BCUT2D eigenvalue weighted by molar-refractivity contribution is 0.104. The molecule has 1 saturated heterocycles. The molecule has 36 heavy (non-hydrogen) atoms. The molecule has 1 aliphatic heterocycles. The molecule has 0 amide bonds. The zero-order valence-electron chi connectivity index (χ0n) is 19.7. The van der Waals surface area contributed by atoms with Gasteiger partial charge in [-0.3, -0.25) is 9.69 Å². The van der Waals surface area contributed by atoms with Crippen LogP contribution in [0.15, 0.2) is 42.0 Å². The lowest BCUT2D eigenvalue weighted by atomic mass is 9.96. The Balaban J connectivity index is 0.000000303. The number of carbonyl (C=O) groups is 1. The second-order valence-corrected chi connectivity index (χ2v) is 9.66. The molecule has 0 radical (unpaired) electrons. The Labute approximate surface area is 217 Å². The second kappa shape index (κ2) is 13.7. The van der Waals surface area contributed by atoms with Gasteiger partial charge in [-0.25, -0.2) is 23.1 Å². The quantitative estimate of drug-likeness (QED) is 0.360. The molecule has 1 atom stereocenters.